The average Bonchev–Trinajstić information content (AvgIpc) is 2.37. The zero-order valence-electron chi connectivity index (χ0n) is 12.3. The standard InChI is InChI=1S/C17H27NO/c1-13-9-14(2)11-17(10-13)19-12-16-6-4-3-5-15(16)7-8-18/h3-6,13-14,17H,7-12,18H2,1-2H3. The molecule has 2 atom stereocenters. The largest absolute Gasteiger partial charge is 0.374 e. The van der Waals surface area contributed by atoms with Crippen LogP contribution in [0, 0.1) is 11.8 Å². The molecule has 2 heteroatoms. The highest BCUT2D eigenvalue weighted by Crippen LogP contribution is 2.30. The monoisotopic (exact) mass is 261 g/mol. The first kappa shape index (κ1) is 14.5. The van der Waals surface area contributed by atoms with Crippen molar-refractivity contribution in [3.8, 4) is 0 Å². The van der Waals surface area contributed by atoms with Crippen LogP contribution in [0.3, 0.4) is 0 Å². The number of rotatable bonds is 5. The van der Waals surface area contributed by atoms with Crippen molar-refractivity contribution in [3.05, 3.63) is 35.4 Å². The van der Waals surface area contributed by atoms with Gasteiger partial charge in [-0.15, -0.1) is 0 Å². The van der Waals surface area contributed by atoms with Crippen molar-refractivity contribution in [2.75, 3.05) is 6.54 Å². The molecular weight excluding hydrogens is 234 g/mol. The van der Waals surface area contributed by atoms with Crippen molar-refractivity contribution < 1.29 is 4.74 Å². The minimum atomic E-state index is 0.435. The third kappa shape index (κ3) is 4.32. The van der Waals surface area contributed by atoms with Gasteiger partial charge >= 0.3 is 0 Å². The molecule has 1 aliphatic carbocycles. The molecule has 1 fully saturated rings. The second-order valence-corrected chi connectivity index (χ2v) is 6.16. The van der Waals surface area contributed by atoms with Crippen molar-refractivity contribution >= 4 is 0 Å². The zero-order valence-corrected chi connectivity index (χ0v) is 12.3. The van der Waals surface area contributed by atoms with Gasteiger partial charge in [0.2, 0.25) is 0 Å². The van der Waals surface area contributed by atoms with Gasteiger partial charge in [0.05, 0.1) is 12.7 Å². The molecule has 1 aromatic carbocycles. The van der Waals surface area contributed by atoms with Gasteiger partial charge in [-0.25, -0.2) is 0 Å². The van der Waals surface area contributed by atoms with Gasteiger partial charge in [0.25, 0.3) is 0 Å². The van der Waals surface area contributed by atoms with E-state index in [0.717, 1.165) is 24.9 Å². The van der Waals surface area contributed by atoms with E-state index >= 15 is 0 Å². The topological polar surface area (TPSA) is 35.2 Å². The van der Waals surface area contributed by atoms with Crippen molar-refractivity contribution in [1.82, 2.24) is 0 Å². The average molecular weight is 261 g/mol. The van der Waals surface area contributed by atoms with Crippen LogP contribution in [-0.4, -0.2) is 12.6 Å². The third-order valence-electron chi connectivity index (χ3n) is 4.14. The third-order valence-corrected chi connectivity index (χ3v) is 4.14. The van der Waals surface area contributed by atoms with E-state index in [-0.39, 0.29) is 0 Å². The SMILES string of the molecule is CC1CC(C)CC(OCc2ccccc2CCN)C1. The molecule has 0 aliphatic heterocycles. The number of benzene rings is 1. The summed E-state index contributed by atoms with van der Waals surface area (Å²) in [6, 6.07) is 8.50. The van der Waals surface area contributed by atoms with E-state index in [4.69, 9.17) is 10.5 Å². The second kappa shape index (κ2) is 7.06. The summed E-state index contributed by atoms with van der Waals surface area (Å²) >= 11 is 0. The van der Waals surface area contributed by atoms with E-state index in [1.165, 1.54) is 30.4 Å². The van der Waals surface area contributed by atoms with Gasteiger partial charge in [-0.1, -0.05) is 38.1 Å². The van der Waals surface area contributed by atoms with Crippen LogP contribution in [0.4, 0.5) is 0 Å². The predicted molar refractivity (Wildman–Crippen MR) is 80.0 cm³/mol. The van der Waals surface area contributed by atoms with E-state index < -0.39 is 0 Å². The molecule has 0 heterocycles. The van der Waals surface area contributed by atoms with Crippen LogP contribution in [-0.2, 0) is 17.8 Å². The Morgan fingerprint density at radius 2 is 1.68 bits per heavy atom. The summed E-state index contributed by atoms with van der Waals surface area (Å²) in [7, 11) is 0. The Hall–Kier alpha value is -0.860. The van der Waals surface area contributed by atoms with Gasteiger partial charge in [0.15, 0.2) is 0 Å². The Labute approximate surface area is 117 Å². The van der Waals surface area contributed by atoms with Crippen LogP contribution in [0.1, 0.15) is 44.2 Å². The number of nitrogens with two attached hydrogens (primary N) is 1. The van der Waals surface area contributed by atoms with E-state index in [1.807, 2.05) is 0 Å². The Kier molecular flexibility index (Phi) is 5.41. The molecule has 106 valence electrons. The van der Waals surface area contributed by atoms with Gasteiger partial charge in [-0.2, -0.15) is 0 Å². The molecule has 2 unspecified atom stereocenters. The molecule has 0 aromatic heterocycles. The fourth-order valence-electron chi connectivity index (χ4n) is 3.31. The highest BCUT2D eigenvalue weighted by Gasteiger charge is 2.24. The minimum Gasteiger partial charge on any atom is -0.374 e. The molecule has 2 nitrogen and oxygen atoms in total. The van der Waals surface area contributed by atoms with Gasteiger partial charge in [-0.3, -0.25) is 0 Å². The van der Waals surface area contributed by atoms with E-state index in [9.17, 15) is 0 Å². The van der Waals surface area contributed by atoms with Gasteiger partial charge in [-0.05, 0) is 55.2 Å². The van der Waals surface area contributed by atoms with Crippen LogP contribution in [0.2, 0.25) is 0 Å². The maximum absolute atomic E-state index is 6.16. The normalized spacial score (nSPS) is 27.4. The first-order chi connectivity index (χ1) is 9.19. The molecule has 19 heavy (non-hydrogen) atoms. The van der Waals surface area contributed by atoms with Crippen LogP contribution in [0.5, 0.6) is 0 Å². The highest BCUT2D eigenvalue weighted by atomic mass is 16.5. The highest BCUT2D eigenvalue weighted by molar-refractivity contribution is 5.26. The van der Waals surface area contributed by atoms with Gasteiger partial charge in [0.1, 0.15) is 0 Å². The fraction of sp³-hybridized carbons (Fsp3) is 0.647. The van der Waals surface area contributed by atoms with E-state index in [1.54, 1.807) is 0 Å². The molecule has 1 aliphatic rings. The summed E-state index contributed by atoms with van der Waals surface area (Å²) in [6.07, 6.45) is 5.15. The predicted octanol–water partition coefficient (Wildman–Crippen LogP) is 3.53. The summed E-state index contributed by atoms with van der Waals surface area (Å²) < 4.78 is 6.16. The van der Waals surface area contributed by atoms with Crippen LogP contribution in [0.15, 0.2) is 24.3 Å². The molecule has 0 saturated heterocycles. The molecule has 1 aromatic rings. The quantitative estimate of drug-likeness (QED) is 0.880. The molecule has 0 radical (unpaired) electrons. The summed E-state index contributed by atoms with van der Waals surface area (Å²) in [6.45, 7) is 6.12. The van der Waals surface area contributed by atoms with Crippen LogP contribution in [0.25, 0.3) is 0 Å². The number of ether oxygens (including phenoxy) is 1. The first-order valence-electron chi connectivity index (χ1n) is 7.57. The molecule has 2 rings (SSSR count). The summed E-state index contributed by atoms with van der Waals surface area (Å²) in [5, 5.41) is 0. The van der Waals surface area contributed by atoms with Crippen molar-refractivity contribution in [2.24, 2.45) is 17.6 Å². The molecule has 2 N–H and O–H groups in total. The van der Waals surface area contributed by atoms with Crippen molar-refractivity contribution in [1.29, 1.82) is 0 Å². The van der Waals surface area contributed by atoms with Gasteiger partial charge < -0.3 is 10.5 Å². The Morgan fingerprint density at radius 3 is 2.32 bits per heavy atom. The zero-order chi connectivity index (χ0) is 13.7. The Balaban J connectivity index is 1.91. The smallest absolute Gasteiger partial charge is 0.0723 e. The van der Waals surface area contributed by atoms with Crippen molar-refractivity contribution in [2.45, 2.75) is 52.2 Å². The van der Waals surface area contributed by atoms with Gasteiger partial charge in [0, 0.05) is 0 Å². The summed E-state index contributed by atoms with van der Waals surface area (Å²) in [5.41, 5.74) is 8.30. The summed E-state index contributed by atoms with van der Waals surface area (Å²) in [5.74, 6) is 1.60. The second-order valence-electron chi connectivity index (χ2n) is 6.16. The lowest BCUT2D eigenvalue weighted by atomic mass is 9.82. The number of hydrogen-bond donors (Lipinski definition) is 1. The first-order valence-corrected chi connectivity index (χ1v) is 7.57. The Bertz CT molecular complexity index is 381. The molecule has 0 bridgehead atoms. The van der Waals surface area contributed by atoms with Crippen LogP contribution >= 0.6 is 0 Å². The summed E-state index contributed by atoms with van der Waals surface area (Å²) in [4.78, 5) is 0. The fourth-order valence-corrected chi connectivity index (χ4v) is 3.31. The number of hydrogen-bond acceptors (Lipinski definition) is 2. The maximum atomic E-state index is 6.16. The Morgan fingerprint density at radius 1 is 1.05 bits per heavy atom. The van der Waals surface area contributed by atoms with Crippen LogP contribution < -0.4 is 5.73 Å². The van der Waals surface area contributed by atoms with E-state index in [2.05, 4.69) is 38.1 Å². The molecular formula is C17H27NO. The molecule has 1 saturated carbocycles. The maximum Gasteiger partial charge on any atom is 0.0723 e. The molecule has 0 spiro atoms. The van der Waals surface area contributed by atoms with E-state index in [0.29, 0.717) is 12.6 Å². The lowest BCUT2D eigenvalue weighted by molar-refractivity contribution is -0.00939. The van der Waals surface area contributed by atoms with Crippen molar-refractivity contribution in [3.63, 3.8) is 0 Å². The molecule has 0 amide bonds. The minimum absolute atomic E-state index is 0.435. The lowest BCUT2D eigenvalue weighted by Gasteiger charge is -2.31. The lowest BCUT2D eigenvalue weighted by Crippen LogP contribution is -2.26.